The number of aromatic amines is 1. The number of carbonyl (C=O) groups excluding carboxylic acids is 1. The summed E-state index contributed by atoms with van der Waals surface area (Å²) in [5.74, 6) is 0.736. The number of fused-ring (bicyclic) bond motifs is 1. The average Bonchev–Trinajstić information content (AvgIpc) is 2.87. The Kier molecular flexibility index (Phi) is 5.68. The van der Waals surface area contributed by atoms with E-state index in [-0.39, 0.29) is 17.8 Å². The Bertz CT molecular complexity index is 729. The molecular weight excluding hydrogens is 319 g/mol. The number of H-pyrrole nitrogens is 1. The van der Waals surface area contributed by atoms with E-state index in [1.807, 2.05) is 11.8 Å². The maximum absolute atomic E-state index is 13.3. The first-order valence-electron chi connectivity index (χ1n) is 9.21. The van der Waals surface area contributed by atoms with Gasteiger partial charge in [-0.05, 0) is 51.6 Å². The van der Waals surface area contributed by atoms with Gasteiger partial charge in [0.25, 0.3) is 0 Å². The van der Waals surface area contributed by atoms with Crippen molar-refractivity contribution in [2.75, 3.05) is 26.7 Å². The standard InChI is InChI=1S/C19H27FN4O/c1-3-24(19(25)17-7-5-4-6-11-23(17)2)12-10-18-21-15-9-8-14(20)13-16(15)22-18/h8-9,13,17H,3-7,10-12H2,1-2H3,(H,21,22)/t17-/m0/s1. The highest BCUT2D eigenvalue weighted by Crippen LogP contribution is 2.18. The van der Waals surface area contributed by atoms with Crippen LogP contribution in [0.3, 0.4) is 0 Å². The first-order chi connectivity index (χ1) is 12.1. The molecule has 25 heavy (non-hydrogen) atoms. The first kappa shape index (κ1) is 17.9. The van der Waals surface area contributed by atoms with Crippen LogP contribution in [0.25, 0.3) is 11.0 Å². The minimum absolute atomic E-state index is 0.00720. The number of amides is 1. The molecule has 1 atom stereocenters. The quantitative estimate of drug-likeness (QED) is 0.905. The lowest BCUT2D eigenvalue weighted by Crippen LogP contribution is -2.47. The summed E-state index contributed by atoms with van der Waals surface area (Å²) in [7, 11) is 2.05. The molecule has 3 rings (SSSR count). The number of halogens is 1. The predicted molar refractivity (Wildman–Crippen MR) is 96.9 cm³/mol. The van der Waals surface area contributed by atoms with E-state index in [9.17, 15) is 9.18 Å². The molecule has 0 bridgehead atoms. The van der Waals surface area contributed by atoms with Crippen LogP contribution in [0.15, 0.2) is 18.2 Å². The molecule has 0 saturated carbocycles. The second-order valence-electron chi connectivity index (χ2n) is 6.86. The highest BCUT2D eigenvalue weighted by atomic mass is 19.1. The van der Waals surface area contributed by atoms with Gasteiger partial charge < -0.3 is 9.88 Å². The van der Waals surface area contributed by atoms with Crippen LogP contribution in [0.4, 0.5) is 4.39 Å². The molecule has 6 heteroatoms. The van der Waals surface area contributed by atoms with Crippen molar-refractivity contribution >= 4 is 16.9 Å². The van der Waals surface area contributed by atoms with Crippen LogP contribution in [-0.2, 0) is 11.2 Å². The van der Waals surface area contributed by atoms with Crippen molar-refractivity contribution < 1.29 is 9.18 Å². The summed E-state index contributed by atoms with van der Waals surface area (Å²) in [5, 5.41) is 0. The summed E-state index contributed by atoms with van der Waals surface area (Å²) in [6.45, 7) is 4.33. The molecule has 136 valence electrons. The Hall–Kier alpha value is -1.95. The minimum Gasteiger partial charge on any atom is -0.342 e. The SMILES string of the molecule is CCN(CCc1nc2ccc(F)cc2[nH]1)C(=O)[C@@H]1CCCCCN1C. The number of imidazole rings is 1. The van der Waals surface area contributed by atoms with Crippen LogP contribution in [0.5, 0.6) is 0 Å². The van der Waals surface area contributed by atoms with Gasteiger partial charge in [0.1, 0.15) is 11.6 Å². The zero-order valence-corrected chi connectivity index (χ0v) is 15.1. The molecule has 0 radical (unpaired) electrons. The van der Waals surface area contributed by atoms with Crippen molar-refractivity contribution in [2.45, 2.75) is 45.1 Å². The molecule has 1 N–H and O–H groups in total. The third-order valence-electron chi connectivity index (χ3n) is 5.11. The Balaban J connectivity index is 1.65. The van der Waals surface area contributed by atoms with Gasteiger partial charge in [-0.2, -0.15) is 0 Å². The second-order valence-corrected chi connectivity index (χ2v) is 6.86. The van der Waals surface area contributed by atoms with Gasteiger partial charge in [0, 0.05) is 19.5 Å². The number of rotatable bonds is 5. The Morgan fingerprint density at radius 2 is 2.24 bits per heavy atom. The van der Waals surface area contributed by atoms with Gasteiger partial charge in [0.05, 0.1) is 17.1 Å². The van der Waals surface area contributed by atoms with Crippen molar-refractivity contribution in [3.8, 4) is 0 Å². The van der Waals surface area contributed by atoms with Crippen LogP contribution < -0.4 is 0 Å². The van der Waals surface area contributed by atoms with E-state index >= 15 is 0 Å². The zero-order chi connectivity index (χ0) is 17.8. The monoisotopic (exact) mass is 346 g/mol. The molecular formula is C19H27FN4O. The number of nitrogens with zero attached hydrogens (tertiary/aromatic N) is 3. The number of aromatic nitrogens is 2. The molecule has 0 unspecified atom stereocenters. The third-order valence-corrected chi connectivity index (χ3v) is 5.11. The van der Waals surface area contributed by atoms with Crippen LogP contribution >= 0.6 is 0 Å². The highest BCUT2D eigenvalue weighted by molar-refractivity contribution is 5.82. The van der Waals surface area contributed by atoms with Crippen LogP contribution in [0.1, 0.15) is 38.4 Å². The summed E-state index contributed by atoms with van der Waals surface area (Å²) in [6.07, 6.45) is 5.08. The number of hydrogen-bond donors (Lipinski definition) is 1. The lowest BCUT2D eigenvalue weighted by molar-refractivity contribution is -0.136. The Labute approximate surface area is 148 Å². The van der Waals surface area contributed by atoms with E-state index in [0.29, 0.717) is 25.0 Å². The Morgan fingerprint density at radius 3 is 3.04 bits per heavy atom. The lowest BCUT2D eigenvalue weighted by atomic mass is 10.1. The highest BCUT2D eigenvalue weighted by Gasteiger charge is 2.28. The van der Waals surface area contributed by atoms with E-state index in [4.69, 9.17) is 0 Å². The number of likely N-dealkylation sites (tertiary alicyclic amines) is 1. The molecule has 1 aliphatic rings. The van der Waals surface area contributed by atoms with Gasteiger partial charge in [-0.15, -0.1) is 0 Å². The smallest absolute Gasteiger partial charge is 0.239 e. The van der Waals surface area contributed by atoms with E-state index in [1.54, 1.807) is 6.07 Å². The van der Waals surface area contributed by atoms with Crippen molar-refractivity contribution in [1.82, 2.24) is 19.8 Å². The number of nitrogens with one attached hydrogen (secondary N) is 1. The maximum atomic E-state index is 13.3. The van der Waals surface area contributed by atoms with E-state index in [0.717, 1.165) is 30.7 Å². The molecule has 1 fully saturated rings. The number of likely N-dealkylation sites (N-methyl/N-ethyl adjacent to an activating group) is 2. The molecule has 1 amide bonds. The van der Waals surface area contributed by atoms with Gasteiger partial charge in [0.15, 0.2) is 0 Å². The number of carbonyl (C=O) groups is 1. The summed E-state index contributed by atoms with van der Waals surface area (Å²) in [6, 6.07) is 4.53. The molecule has 1 aromatic heterocycles. The molecule has 0 spiro atoms. The molecule has 2 aromatic rings. The van der Waals surface area contributed by atoms with Gasteiger partial charge in [-0.3, -0.25) is 9.69 Å². The van der Waals surface area contributed by atoms with Crippen molar-refractivity contribution in [3.05, 3.63) is 29.8 Å². The number of benzene rings is 1. The fourth-order valence-electron chi connectivity index (χ4n) is 3.59. The van der Waals surface area contributed by atoms with E-state index < -0.39 is 0 Å². The van der Waals surface area contributed by atoms with Gasteiger partial charge in [0.2, 0.25) is 5.91 Å². The van der Waals surface area contributed by atoms with Crippen molar-refractivity contribution in [2.24, 2.45) is 0 Å². The molecule has 0 aliphatic carbocycles. The van der Waals surface area contributed by atoms with Crippen molar-refractivity contribution in [3.63, 3.8) is 0 Å². The summed E-state index contributed by atoms with van der Waals surface area (Å²) in [4.78, 5) is 24.7. The van der Waals surface area contributed by atoms with Crippen molar-refractivity contribution in [1.29, 1.82) is 0 Å². The largest absolute Gasteiger partial charge is 0.342 e. The topological polar surface area (TPSA) is 52.2 Å². The molecule has 1 aromatic carbocycles. The van der Waals surface area contributed by atoms with Gasteiger partial charge in [-0.1, -0.05) is 12.8 Å². The zero-order valence-electron chi connectivity index (χ0n) is 15.1. The minimum atomic E-state index is -0.274. The van der Waals surface area contributed by atoms with E-state index in [2.05, 4.69) is 21.9 Å². The third kappa shape index (κ3) is 4.18. The van der Waals surface area contributed by atoms with Crippen LogP contribution in [0, 0.1) is 5.82 Å². The fourth-order valence-corrected chi connectivity index (χ4v) is 3.59. The molecule has 1 saturated heterocycles. The average molecular weight is 346 g/mol. The molecule has 1 aliphatic heterocycles. The number of hydrogen-bond acceptors (Lipinski definition) is 3. The van der Waals surface area contributed by atoms with E-state index in [1.165, 1.54) is 25.0 Å². The second kappa shape index (κ2) is 7.95. The van der Waals surface area contributed by atoms with Crippen LogP contribution in [-0.4, -0.2) is 58.4 Å². The first-order valence-corrected chi connectivity index (χ1v) is 9.21. The Morgan fingerprint density at radius 1 is 1.40 bits per heavy atom. The molecule has 5 nitrogen and oxygen atoms in total. The maximum Gasteiger partial charge on any atom is 0.239 e. The molecule has 2 heterocycles. The fraction of sp³-hybridized carbons (Fsp3) is 0.579. The van der Waals surface area contributed by atoms with Crippen LogP contribution in [0.2, 0.25) is 0 Å². The summed E-state index contributed by atoms with van der Waals surface area (Å²) in [5.41, 5.74) is 1.46. The normalized spacial score (nSPS) is 19.1. The van der Waals surface area contributed by atoms with Gasteiger partial charge >= 0.3 is 0 Å². The lowest BCUT2D eigenvalue weighted by Gasteiger charge is -2.30. The van der Waals surface area contributed by atoms with Gasteiger partial charge in [-0.25, -0.2) is 9.37 Å². The predicted octanol–water partition coefficient (Wildman–Crippen LogP) is 2.97. The summed E-state index contributed by atoms with van der Waals surface area (Å²) < 4.78 is 13.3. The summed E-state index contributed by atoms with van der Waals surface area (Å²) >= 11 is 0.